The lowest BCUT2D eigenvalue weighted by molar-refractivity contribution is 0.0627. The topological polar surface area (TPSA) is 81.8 Å². The molecule has 1 atom stereocenters. The maximum atomic E-state index is 12.4. The van der Waals surface area contributed by atoms with Crippen LogP contribution >= 0.6 is 0 Å². The van der Waals surface area contributed by atoms with Gasteiger partial charge in [-0.15, -0.1) is 0 Å². The summed E-state index contributed by atoms with van der Waals surface area (Å²) < 4.78 is 5.55. The highest BCUT2D eigenvalue weighted by molar-refractivity contribution is 5.92. The number of unbranched alkanes of at least 4 members (excludes halogenated alkanes) is 1. The molecule has 1 aromatic rings. The van der Waals surface area contributed by atoms with Crippen LogP contribution in [0.5, 0.6) is 0 Å². The van der Waals surface area contributed by atoms with Crippen molar-refractivity contribution in [2.24, 2.45) is 0 Å². The van der Waals surface area contributed by atoms with Gasteiger partial charge in [0.15, 0.2) is 5.69 Å². The number of aromatic nitrogens is 1. The number of nitrogens with zero attached hydrogens (tertiary/aromatic N) is 3. The Morgan fingerprint density at radius 1 is 1.25 bits per heavy atom. The summed E-state index contributed by atoms with van der Waals surface area (Å²) in [5.74, 6) is 0.484. The summed E-state index contributed by atoms with van der Waals surface area (Å²) in [5, 5.41) is 13.2. The van der Waals surface area contributed by atoms with Crippen molar-refractivity contribution < 1.29 is 14.3 Å². The lowest BCUT2D eigenvalue weighted by atomic mass is 9.95. The number of β-amino-alcohol motifs (C(OH)–C–C–N with tert-alkyl or cyclic N) is 1. The van der Waals surface area contributed by atoms with Crippen LogP contribution in [-0.2, 0) is 6.54 Å². The first kappa shape index (κ1) is 21.3. The van der Waals surface area contributed by atoms with Crippen LogP contribution < -0.4 is 5.32 Å². The zero-order valence-electron chi connectivity index (χ0n) is 17.2. The van der Waals surface area contributed by atoms with E-state index in [1.807, 2.05) is 0 Å². The number of oxazole rings is 1. The number of piperazine rings is 1. The minimum Gasteiger partial charge on any atom is -0.447 e. The number of aliphatic hydroxyl groups excluding tert-OH is 1. The highest BCUT2D eigenvalue weighted by Gasteiger charge is 2.22. The molecule has 1 unspecified atom stereocenters. The maximum Gasteiger partial charge on any atom is 0.273 e. The first-order chi connectivity index (χ1) is 13.6. The minimum absolute atomic E-state index is 0.118. The van der Waals surface area contributed by atoms with E-state index < -0.39 is 0 Å². The van der Waals surface area contributed by atoms with Crippen LogP contribution in [0.1, 0.15) is 74.7 Å². The lowest BCUT2D eigenvalue weighted by Crippen LogP contribution is -2.48. The van der Waals surface area contributed by atoms with Crippen molar-refractivity contribution >= 4 is 5.91 Å². The van der Waals surface area contributed by atoms with Crippen LogP contribution in [0.15, 0.2) is 10.7 Å². The molecule has 0 radical (unpaired) electrons. The molecule has 1 saturated heterocycles. The van der Waals surface area contributed by atoms with Gasteiger partial charge in [-0.25, -0.2) is 4.98 Å². The van der Waals surface area contributed by atoms with Gasteiger partial charge in [0.1, 0.15) is 6.26 Å². The number of nitrogens with one attached hydrogen (secondary N) is 1. The monoisotopic (exact) mass is 392 g/mol. The SMILES string of the molecule is CCCCC(O)CN1CCN(Cc2nc(C(=O)NC3CCCCC3)co2)CC1. The zero-order valence-corrected chi connectivity index (χ0v) is 17.2. The average molecular weight is 393 g/mol. The highest BCUT2D eigenvalue weighted by Crippen LogP contribution is 2.18. The third-order valence-electron chi connectivity index (χ3n) is 5.91. The molecule has 2 fully saturated rings. The molecule has 7 nitrogen and oxygen atoms in total. The van der Waals surface area contributed by atoms with Gasteiger partial charge in [0.2, 0.25) is 5.89 Å². The van der Waals surface area contributed by atoms with Crippen LogP contribution in [0.25, 0.3) is 0 Å². The molecule has 1 aromatic heterocycles. The molecule has 3 rings (SSSR count). The Morgan fingerprint density at radius 3 is 2.68 bits per heavy atom. The second-order valence-electron chi connectivity index (χ2n) is 8.31. The van der Waals surface area contributed by atoms with E-state index in [1.165, 1.54) is 25.5 Å². The molecule has 0 aromatic carbocycles. The molecule has 1 aliphatic carbocycles. The zero-order chi connectivity index (χ0) is 19.8. The lowest BCUT2D eigenvalue weighted by Gasteiger charge is -2.35. The van der Waals surface area contributed by atoms with Crippen LogP contribution in [0.4, 0.5) is 0 Å². The first-order valence-electron chi connectivity index (χ1n) is 11.0. The fraction of sp³-hybridized carbons (Fsp3) is 0.810. The molecular weight excluding hydrogens is 356 g/mol. The van der Waals surface area contributed by atoms with E-state index in [2.05, 4.69) is 27.0 Å². The summed E-state index contributed by atoms with van der Waals surface area (Å²) in [6.45, 7) is 7.28. The van der Waals surface area contributed by atoms with Crippen molar-refractivity contribution in [1.29, 1.82) is 0 Å². The quantitative estimate of drug-likeness (QED) is 0.672. The predicted octanol–water partition coefficient (Wildman–Crippen LogP) is 2.41. The van der Waals surface area contributed by atoms with Crippen molar-refractivity contribution in [3.8, 4) is 0 Å². The van der Waals surface area contributed by atoms with Gasteiger partial charge in [-0.3, -0.25) is 14.6 Å². The van der Waals surface area contributed by atoms with E-state index in [0.717, 1.165) is 64.8 Å². The Bertz CT molecular complexity index is 592. The molecular formula is C21H36N4O3. The molecule has 2 aliphatic rings. The van der Waals surface area contributed by atoms with E-state index >= 15 is 0 Å². The molecule has 1 aliphatic heterocycles. The summed E-state index contributed by atoms with van der Waals surface area (Å²) in [6, 6.07) is 0.280. The molecule has 1 saturated carbocycles. The number of carbonyl (C=O) groups is 1. The van der Waals surface area contributed by atoms with Crippen LogP contribution in [0.3, 0.4) is 0 Å². The van der Waals surface area contributed by atoms with Crippen LogP contribution in [-0.4, -0.2) is 70.7 Å². The number of hydrogen-bond acceptors (Lipinski definition) is 6. The van der Waals surface area contributed by atoms with Gasteiger partial charge >= 0.3 is 0 Å². The van der Waals surface area contributed by atoms with E-state index in [0.29, 0.717) is 18.1 Å². The third kappa shape index (κ3) is 6.57. The van der Waals surface area contributed by atoms with Gasteiger partial charge in [-0.2, -0.15) is 0 Å². The molecule has 28 heavy (non-hydrogen) atoms. The van der Waals surface area contributed by atoms with Crippen molar-refractivity contribution in [3.05, 3.63) is 17.8 Å². The molecule has 1 amide bonds. The van der Waals surface area contributed by atoms with Gasteiger partial charge in [-0.1, -0.05) is 39.0 Å². The van der Waals surface area contributed by atoms with Crippen LogP contribution in [0.2, 0.25) is 0 Å². The summed E-state index contributed by atoms with van der Waals surface area (Å²) in [6.07, 6.45) is 10.1. The van der Waals surface area contributed by atoms with Crippen molar-refractivity contribution in [2.45, 2.75) is 77.0 Å². The van der Waals surface area contributed by atoms with Crippen molar-refractivity contribution in [3.63, 3.8) is 0 Å². The van der Waals surface area contributed by atoms with E-state index in [4.69, 9.17) is 4.42 Å². The van der Waals surface area contributed by atoms with Crippen molar-refractivity contribution in [2.75, 3.05) is 32.7 Å². The maximum absolute atomic E-state index is 12.4. The number of carbonyl (C=O) groups excluding carboxylic acids is 1. The smallest absolute Gasteiger partial charge is 0.273 e. The Morgan fingerprint density at radius 2 is 1.96 bits per heavy atom. The number of rotatable bonds is 9. The fourth-order valence-corrected chi connectivity index (χ4v) is 4.14. The molecule has 2 N–H and O–H groups in total. The normalized spacial score (nSPS) is 20.9. The van der Waals surface area contributed by atoms with Gasteiger partial charge in [0.25, 0.3) is 5.91 Å². The van der Waals surface area contributed by atoms with Gasteiger partial charge in [0.05, 0.1) is 12.6 Å². The molecule has 7 heteroatoms. The van der Waals surface area contributed by atoms with E-state index in [-0.39, 0.29) is 18.1 Å². The minimum atomic E-state index is -0.219. The Balaban J connectivity index is 1.39. The molecule has 158 valence electrons. The van der Waals surface area contributed by atoms with E-state index in [9.17, 15) is 9.90 Å². The highest BCUT2D eigenvalue weighted by atomic mass is 16.3. The third-order valence-corrected chi connectivity index (χ3v) is 5.91. The predicted molar refractivity (Wildman–Crippen MR) is 108 cm³/mol. The number of amides is 1. The Labute approximate surface area is 168 Å². The van der Waals surface area contributed by atoms with E-state index in [1.54, 1.807) is 0 Å². The summed E-state index contributed by atoms with van der Waals surface area (Å²) in [5.41, 5.74) is 0.387. The fourth-order valence-electron chi connectivity index (χ4n) is 4.14. The average Bonchev–Trinajstić information content (AvgIpc) is 3.17. The molecule has 0 spiro atoms. The molecule has 0 bridgehead atoms. The summed E-state index contributed by atoms with van der Waals surface area (Å²) in [7, 11) is 0. The Hall–Kier alpha value is -1.44. The van der Waals surface area contributed by atoms with Gasteiger partial charge < -0.3 is 14.8 Å². The van der Waals surface area contributed by atoms with Crippen LogP contribution in [0, 0.1) is 0 Å². The Kier molecular flexibility index (Phi) is 8.30. The summed E-state index contributed by atoms with van der Waals surface area (Å²) >= 11 is 0. The molecule has 2 heterocycles. The second kappa shape index (κ2) is 10.9. The first-order valence-corrected chi connectivity index (χ1v) is 11.0. The standard InChI is InChI=1S/C21H36N4O3/c1-2-3-9-18(26)14-24-10-12-25(13-11-24)15-20-23-19(16-28-20)21(27)22-17-7-5-4-6-8-17/h16-18,26H,2-15H2,1H3,(H,22,27). The van der Waals surface area contributed by atoms with Gasteiger partial charge in [-0.05, 0) is 19.3 Å². The largest absolute Gasteiger partial charge is 0.447 e. The second-order valence-corrected chi connectivity index (χ2v) is 8.31. The number of aliphatic hydroxyl groups is 1. The van der Waals surface area contributed by atoms with Gasteiger partial charge in [0, 0.05) is 38.8 Å². The number of hydrogen-bond donors (Lipinski definition) is 2. The van der Waals surface area contributed by atoms with Crippen molar-refractivity contribution in [1.82, 2.24) is 20.1 Å². The summed E-state index contributed by atoms with van der Waals surface area (Å²) in [4.78, 5) is 21.4.